The number of para-hydroxylation sites is 1. The molecule has 5 nitrogen and oxygen atoms in total. The van der Waals surface area contributed by atoms with Gasteiger partial charge in [0, 0.05) is 18.5 Å². The number of hydrogen-bond acceptors (Lipinski definition) is 4. The molecule has 0 aliphatic carbocycles. The number of ether oxygens (including phenoxy) is 2. The van der Waals surface area contributed by atoms with Crippen molar-refractivity contribution in [2.24, 2.45) is 0 Å². The lowest BCUT2D eigenvalue weighted by atomic mass is 10.0. The minimum absolute atomic E-state index is 0.0796. The Morgan fingerprint density at radius 3 is 3.05 bits per heavy atom. The lowest BCUT2D eigenvalue weighted by Gasteiger charge is -2.18. The summed E-state index contributed by atoms with van der Waals surface area (Å²) < 4.78 is 11.3. The maximum absolute atomic E-state index is 11.4. The van der Waals surface area contributed by atoms with Gasteiger partial charge in [-0.25, -0.2) is 0 Å². The van der Waals surface area contributed by atoms with E-state index in [4.69, 9.17) is 14.6 Å². The molecular weight excluding hydrogens is 246 g/mol. The number of aliphatic hydroxyl groups is 1. The molecular formula is C14H19NO4. The quantitative estimate of drug-likeness (QED) is 0.829. The van der Waals surface area contributed by atoms with Crippen LogP contribution in [0.4, 0.5) is 0 Å². The third-order valence-corrected chi connectivity index (χ3v) is 2.85. The number of hydrogen-bond donors (Lipinski definition) is 2. The van der Waals surface area contributed by atoms with E-state index in [1.54, 1.807) is 6.07 Å². The van der Waals surface area contributed by atoms with E-state index in [0.29, 0.717) is 5.75 Å². The molecule has 1 aromatic carbocycles. The van der Waals surface area contributed by atoms with Crippen molar-refractivity contribution in [1.82, 2.24) is 5.32 Å². The molecule has 1 amide bonds. The van der Waals surface area contributed by atoms with Gasteiger partial charge in [0.25, 0.3) is 5.91 Å². The van der Waals surface area contributed by atoms with Gasteiger partial charge in [0.1, 0.15) is 5.60 Å². The van der Waals surface area contributed by atoms with Gasteiger partial charge in [0.05, 0.1) is 6.61 Å². The van der Waals surface area contributed by atoms with Crippen molar-refractivity contribution in [3.63, 3.8) is 0 Å². The molecule has 1 aliphatic rings. The van der Waals surface area contributed by atoms with Gasteiger partial charge < -0.3 is 19.9 Å². The molecule has 5 heteroatoms. The normalized spacial score (nSPS) is 15.5. The summed E-state index contributed by atoms with van der Waals surface area (Å²) in [6.07, 6.45) is 0.830. The molecule has 0 unspecified atom stereocenters. The van der Waals surface area contributed by atoms with Crippen molar-refractivity contribution in [3.05, 3.63) is 23.8 Å². The summed E-state index contributed by atoms with van der Waals surface area (Å²) in [6.45, 7) is 4.11. The van der Waals surface area contributed by atoms with Crippen molar-refractivity contribution >= 4 is 5.91 Å². The molecule has 1 aliphatic heterocycles. The van der Waals surface area contributed by atoms with E-state index in [-0.39, 0.29) is 31.3 Å². The van der Waals surface area contributed by atoms with Crippen LogP contribution in [0.2, 0.25) is 0 Å². The van der Waals surface area contributed by atoms with E-state index in [2.05, 4.69) is 5.32 Å². The van der Waals surface area contributed by atoms with Crippen LogP contribution in [0.3, 0.4) is 0 Å². The van der Waals surface area contributed by atoms with Gasteiger partial charge in [0.15, 0.2) is 18.1 Å². The number of rotatable bonds is 5. The first kappa shape index (κ1) is 13.7. The minimum atomic E-state index is -0.260. The van der Waals surface area contributed by atoms with Crippen molar-refractivity contribution in [1.29, 1.82) is 0 Å². The fourth-order valence-corrected chi connectivity index (χ4v) is 2.09. The first-order chi connectivity index (χ1) is 9.02. The number of fused-ring (bicyclic) bond motifs is 1. The highest BCUT2D eigenvalue weighted by Crippen LogP contribution is 2.41. The molecule has 1 aromatic rings. The summed E-state index contributed by atoms with van der Waals surface area (Å²) >= 11 is 0. The predicted octanol–water partition coefficient (Wildman–Crippen LogP) is 0.887. The van der Waals surface area contributed by atoms with Crippen LogP contribution in [-0.4, -0.2) is 36.4 Å². The Morgan fingerprint density at radius 1 is 1.53 bits per heavy atom. The van der Waals surface area contributed by atoms with Crippen LogP contribution in [0.25, 0.3) is 0 Å². The van der Waals surface area contributed by atoms with E-state index >= 15 is 0 Å². The van der Waals surface area contributed by atoms with Gasteiger partial charge in [-0.3, -0.25) is 4.79 Å². The number of carbonyl (C=O) groups excluding carboxylic acids is 1. The summed E-state index contributed by atoms with van der Waals surface area (Å²) in [7, 11) is 0. The zero-order chi connectivity index (χ0) is 13.9. The van der Waals surface area contributed by atoms with Gasteiger partial charge in [0.2, 0.25) is 0 Å². The Kier molecular flexibility index (Phi) is 3.95. The Morgan fingerprint density at radius 2 is 2.32 bits per heavy atom. The first-order valence-electron chi connectivity index (χ1n) is 6.33. The largest absolute Gasteiger partial charge is 0.483 e. The third-order valence-electron chi connectivity index (χ3n) is 2.85. The van der Waals surface area contributed by atoms with E-state index in [9.17, 15) is 4.79 Å². The second-order valence-corrected chi connectivity index (χ2v) is 5.15. The molecule has 104 valence electrons. The lowest BCUT2D eigenvalue weighted by Crippen LogP contribution is -2.31. The number of aliphatic hydroxyl groups excluding tert-OH is 1. The standard InChI is InChI=1S/C14H19NO4/c1-14(2)8-10-4-3-5-11(13(10)19-14)18-9-12(17)15-6-7-16/h3-5,16H,6-9H2,1-2H3,(H,15,17). The van der Waals surface area contributed by atoms with Crippen LogP contribution >= 0.6 is 0 Å². The zero-order valence-electron chi connectivity index (χ0n) is 11.2. The van der Waals surface area contributed by atoms with Gasteiger partial charge in [-0.1, -0.05) is 12.1 Å². The van der Waals surface area contributed by atoms with Crippen molar-refractivity contribution in [2.75, 3.05) is 19.8 Å². The number of amides is 1. The van der Waals surface area contributed by atoms with Gasteiger partial charge in [-0.05, 0) is 19.9 Å². The van der Waals surface area contributed by atoms with Gasteiger partial charge in [-0.2, -0.15) is 0 Å². The molecule has 0 radical (unpaired) electrons. The van der Waals surface area contributed by atoms with Crippen LogP contribution in [-0.2, 0) is 11.2 Å². The molecule has 0 aromatic heterocycles. The second-order valence-electron chi connectivity index (χ2n) is 5.15. The molecule has 19 heavy (non-hydrogen) atoms. The molecule has 2 rings (SSSR count). The van der Waals surface area contributed by atoms with Crippen molar-refractivity contribution in [2.45, 2.75) is 25.9 Å². The number of nitrogens with one attached hydrogen (secondary N) is 1. The van der Waals surface area contributed by atoms with E-state index in [0.717, 1.165) is 17.7 Å². The smallest absolute Gasteiger partial charge is 0.258 e. The highest BCUT2D eigenvalue weighted by molar-refractivity contribution is 5.77. The van der Waals surface area contributed by atoms with Crippen LogP contribution in [0.5, 0.6) is 11.5 Å². The van der Waals surface area contributed by atoms with E-state index in [1.165, 1.54) is 0 Å². The minimum Gasteiger partial charge on any atom is -0.483 e. The highest BCUT2D eigenvalue weighted by atomic mass is 16.5. The van der Waals surface area contributed by atoms with Gasteiger partial charge >= 0.3 is 0 Å². The average molecular weight is 265 g/mol. The van der Waals surface area contributed by atoms with E-state index < -0.39 is 0 Å². The van der Waals surface area contributed by atoms with Crippen molar-refractivity contribution in [3.8, 4) is 11.5 Å². The van der Waals surface area contributed by atoms with Crippen LogP contribution in [0.1, 0.15) is 19.4 Å². The summed E-state index contributed by atoms with van der Waals surface area (Å²) in [4.78, 5) is 11.4. The van der Waals surface area contributed by atoms with Crippen LogP contribution in [0, 0.1) is 0 Å². The number of carbonyl (C=O) groups is 1. The third kappa shape index (κ3) is 3.38. The van der Waals surface area contributed by atoms with E-state index in [1.807, 2.05) is 26.0 Å². The molecule has 0 atom stereocenters. The summed E-state index contributed by atoms with van der Waals surface area (Å²) in [5.41, 5.74) is 0.860. The molecule has 0 bridgehead atoms. The van der Waals surface area contributed by atoms with Crippen molar-refractivity contribution < 1.29 is 19.4 Å². The predicted molar refractivity (Wildman–Crippen MR) is 70.4 cm³/mol. The summed E-state index contributed by atoms with van der Waals surface area (Å²) in [5.74, 6) is 1.05. The van der Waals surface area contributed by atoms with Crippen LogP contribution in [0.15, 0.2) is 18.2 Å². The van der Waals surface area contributed by atoms with Gasteiger partial charge in [-0.15, -0.1) is 0 Å². The Labute approximate surface area is 112 Å². The monoisotopic (exact) mass is 265 g/mol. The second kappa shape index (κ2) is 5.48. The highest BCUT2D eigenvalue weighted by Gasteiger charge is 2.32. The Bertz CT molecular complexity index is 471. The fraction of sp³-hybridized carbons (Fsp3) is 0.500. The zero-order valence-corrected chi connectivity index (χ0v) is 11.2. The first-order valence-corrected chi connectivity index (χ1v) is 6.33. The maximum atomic E-state index is 11.4. The van der Waals surface area contributed by atoms with Crippen LogP contribution < -0.4 is 14.8 Å². The molecule has 1 heterocycles. The molecule has 0 saturated heterocycles. The Balaban J connectivity index is 2.00. The molecule has 2 N–H and O–H groups in total. The molecule has 0 fully saturated rings. The summed E-state index contributed by atoms with van der Waals surface area (Å²) in [6, 6.07) is 5.69. The number of benzene rings is 1. The average Bonchev–Trinajstić information content (AvgIpc) is 2.68. The lowest BCUT2D eigenvalue weighted by molar-refractivity contribution is -0.123. The molecule has 0 spiro atoms. The Hall–Kier alpha value is -1.75. The molecule has 0 saturated carbocycles. The fourth-order valence-electron chi connectivity index (χ4n) is 2.09. The maximum Gasteiger partial charge on any atom is 0.258 e. The summed E-state index contributed by atoms with van der Waals surface area (Å²) in [5, 5.41) is 11.1. The SMILES string of the molecule is CC1(C)Cc2cccc(OCC(=O)NCCO)c2O1. The topological polar surface area (TPSA) is 67.8 Å².